The zero-order valence-electron chi connectivity index (χ0n) is 11.0. The van der Waals surface area contributed by atoms with E-state index in [2.05, 4.69) is 29.0 Å². The zero-order valence-corrected chi connectivity index (χ0v) is 11.8. The van der Waals surface area contributed by atoms with Crippen LogP contribution in [0.3, 0.4) is 0 Å². The molecule has 0 fully saturated rings. The summed E-state index contributed by atoms with van der Waals surface area (Å²) in [6.07, 6.45) is 0. The molecule has 1 aromatic heterocycles. The highest BCUT2D eigenvalue weighted by Crippen LogP contribution is 2.21. The van der Waals surface area contributed by atoms with E-state index in [-0.39, 0.29) is 5.84 Å². The Kier molecular flexibility index (Phi) is 4.16. The van der Waals surface area contributed by atoms with E-state index < -0.39 is 0 Å². The Balaban J connectivity index is 2.16. The van der Waals surface area contributed by atoms with Gasteiger partial charge in [-0.2, -0.15) is 0 Å². The first kappa shape index (κ1) is 13.5. The number of amidine groups is 1. The number of benzene rings is 1. The second-order valence-corrected chi connectivity index (χ2v) is 5.25. The summed E-state index contributed by atoms with van der Waals surface area (Å²) in [7, 11) is 0. The van der Waals surface area contributed by atoms with Gasteiger partial charge in [-0.25, -0.2) is 9.97 Å². The van der Waals surface area contributed by atoms with Crippen LogP contribution in [0.5, 0.6) is 0 Å². The van der Waals surface area contributed by atoms with Crippen molar-refractivity contribution in [1.82, 2.24) is 9.97 Å². The lowest BCUT2D eigenvalue weighted by molar-refractivity contribution is 0.920. The Labute approximate surface area is 117 Å². The number of aromatic nitrogens is 2. The Morgan fingerprint density at radius 2 is 2.00 bits per heavy atom. The van der Waals surface area contributed by atoms with Crippen LogP contribution in [-0.4, -0.2) is 15.8 Å². The van der Waals surface area contributed by atoms with E-state index in [0.717, 1.165) is 11.4 Å². The summed E-state index contributed by atoms with van der Waals surface area (Å²) < 4.78 is 0. The molecule has 2 aromatic rings. The molecule has 5 heteroatoms. The van der Waals surface area contributed by atoms with Gasteiger partial charge in [0.15, 0.2) is 5.16 Å². The van der Waals surface area contributed by atoms with E-state index in [1.54, 1.807) is 17.8 Å². The van der Waals surface area contributed by atoms with Crippen molar-refractivity contribution < 1.29 is 0 Å². The molecule has 0 saturated carbocycles. The first-order chi connectivity index (χ1) is 9.06. The molecule has 0 aliphatic heterocycles. The van der Waals surface area contributed by atoms with Gasteiger partial charge in [-0.3, -0.25) is 5.41 Å². The molecule has 3 N–H and O–H groups in total. The van der Waals surface area contributed by atoms with Crippen molar-refractivity contribution in [2.75, 3.05) is 0 Å². The van der Waals surface area contributed by atoms with Crippen LogP contribution in [0.1, 0.15) is 22.5 Å². The average molecular weight is 272 g/mol. The molecular formula is C14H16N4S. The van der Waals surface area contributed by atoms with Gasteiger partial charge in [0, 0.05) is 11.4 Å². The minimum absolute atomic E-state index is 0.0248. The molecule has 1 aromatic carbocycles. The predicted molar refractivity (Wildman–Crippen MR) is 78.5 cm³/mol. The fourth-order valence-corrected chi connectivity index (χ4v) is 2.64. The van der Waals surface area contributed by atoms with Crippen LogP contribution in [0, 0.1) is 19.3 Å². The molecule has 0 unspecified atom stereocenters. The van der Waals surface area contributed by atoms with Crippen LogP contribution in [0.15, 0.2) is 35.5 Å². The van der Waals surface area contributed by atoms with Crippen molar-refractivity contribution in [1.29, 1.82) is 5.41 Å². The Morgan fingerprint density at radius 3 is 2.68 bits per heavy atom. The van der Waals surface area contributed by atoms with Crippen molar-refractivity contribution in [2.45, 2.75) is 24.8 Å². The van der Waals surface area contributed by atoms with Crippen LogP contribution in [0.4, 0.5) is 0 Å². The second-order valence-electron chi connectivity index (χ2n) is 4.31. The molecule has 4 nitrogen and oxygen atoms in total. The van der Waals surface area contributed by atoms with Crippen molar-refractivity contribution in [2.24, 2.45) is 5.73 Å². The summed E-state index contributed by atoms with van der Waals surface area (Å²) in [6, 6.07) is 9.97. The minimum atomic E-state index is -0.0248. The van der Waals surface area contributed by atoms with Gasteiger partial charge in [0.1, 0.15) is 11.5 Å². The molecule has 98 valence electrons. The highest BCUT2D eigenvalue weighted by Gasteiger charge is 2.06. The summed E-state index contributed by atoms with van der Waals surface area (Å²) in [6.45, 7) is 3.97. The number of rotatable bonds is 4. The second kappa shape index (κ2) is 5.84. The lowest BCUT2D eigenvalue weighted by Crippen LogP contribution is -2.14. The van der Waals surface area contributed by atoms with Crippen molar-refractivity contribution in [3.63, 3.8) is 0 Å². The van der Waals surface area contributed by atoms with Gasteiger partial charge in [0.05, 0.1) is 0 Å². The maximum Gasteiger partial charge on any atom is 0.188 e. The van der Waals surface area contributed by atoms with E-state index in [4.69, 9.17) is 11.1 Å². The van der Waals surface area contributed by atoms with Crippen molar-refractivity contribution >= 4 is 17.6 Å². The Hall–Kier alpha value is -1.88. The van der Waals surface area contributed by atoms with E-state index in [1.165, 1.54) is 11.1 Å². The van der Waals surface area contributed by atoms with Gasteiger partial charge in [-0.15, -0.1) is 0 Å². The fraction of sp³-hybridized carbons (Fsp3) is 0.214. The molecule has 19 heavy (non-hydrogen) atoms. The Morgan fingerprint density at radius 1 is 1.26 bits per heavy atom. The van der Waals surface area contributed by atoms with Gasteiger partial charge >= 0.3 is 0 Å². The van der Waals surface area contributed by atoms with Gasteiger partial charge in [-0.05, 0) is 31.0 Å². The number of hydrogen-bond donors (Lipinski definition) is 2. The number of nitrogens with two attached hydrogens (primary N) is 1. The van der Waals surface area contributed by atoms with Gasteiger partial charge in [-0.1, -0.05) is 36.0 Å². The first-order valence-electron chi connectivity index (χ1n) is 5.93. The molecule has 0 spiro atoms. The molecule has 0 aliphatic rings. The molecule has 0 amide bonds. The number of thioether (sulfide) groups is 1. The topological polar surface area (TPSA) is 75.7 Å². The number of nitrogen functional groups attached to an aromatic ring is 1. The normalized spacial score (nSPS) is 10.4. The molecule has 0 saturated heterocycles. The molecular weight excluding hydrogens is 256 g/mol. The smallest absolute Gasteiger partial charge is 0.188 e. The molecule has 2 rings (SSSR count). The van der Waals surface area contributed by atoms with Crippen molar-refractivity contribution in [3.05, 3.63) is 52.8 Å². The highest BCUT2D eigenvalue weighted by molar-refractivity contribution is 7.98. The monoisotopic (exact) mass is 272 g/mol. The third kappa shape index (κ3) is 3.54. The summed E-state index contributed by atoms with van der Waals surface area (Å²) in [5.74, 6) is 0.788. The van der Waals surface area contributed by atoms with E-state index in [0.29, 0.717) is 10.9 Å². The number of aryl methyl sites for hydroxylation is 2. The molecule has 1 heterocycles. The predicted octanol–water partition coefficient (Wildman–Crippen LogP) is 2.67. The van der Waals surface area contributed by atoms with E-state index >= 15 is 0 Å². The fourth-order valence-electron chi connectivity index (χ4n) is 1.66. The maximum absolute atomic E-state index is 7.44. The number of nitrogens with one attached hydrogen (secondary N) is 1. The highest BCUT2D eigenvalue weighted by atomic mass is 32.2. The molecule has 0 radical (unpaired) electrons. The third-order valence-corrected chi connectivity index (χ3v) is 3.62. The van der Waals surface area contributed by atoms with Crippen LogP contribution in [0.2, 0.25) is 0 Å². The summed E-state index contributed by atoms with van der Waals surface area (Å²) in [4.78, 5) is 8.64. The van der Waals surface area contributed by atoms with Gasteiger partial charge in [0.2, 0.25) is 0 Å². The molecule has 0 aliphatic carbocycles. The van der Waals surface area contributed by atoms with Gasteiger partial charge < -0.3 is 5.73 Å². The molecule has 0 atom stereocenters. The van der Waals surface area contributed by atoms with Gasteiger partial charge in [0.25, 0.3) is 0 Å². The Bertz CT molecular complexity index is 610. The lowest BCUT2D eigenvalue weighted by atomic mass is 10.1. The van der Waals surface area contributed by atoms with E-state index in [9.17, 15) is 0 Å². The zero-order chi connectivity index (χ0) is 13.8. The van der Waals surface area contributed by atoms with Crippen LogP contribution >= 0.6 is 11.8 Å². The third-order valence-electron chi connectivity index (χ3n) is 2.73. The standard InChI is InChI=1S/C14H16N4S/c1-9-5-3-4-6-11(9)8-19-14-17-10(2)7-12(18-14)13(15)16/h3-7H,8H2,1-2H3,(H3,15,16). The lowest BCUT2D eigenvalue weighted by Gasteiger charge is -2.06. The quantitative estimate of drug-likeness (QED) is 0.388. The van der Waals surface area contributed by atoms with Crippen LogP contribution in [0.25, 0.3) is 0 Å². The molecule has 0 bridgehead atoms. The average Bonchev–Trinajstić information content (AvgIpc) is 2.37. The van der Waals surface area contributed by atoms with Crippen molar-refractivity contribution in [3.8, 4) is 0 Å². The maximum atomic E-state index is 7.44. The summed E-state index contributed by atoms with van der Waals surface area (Å²) in [5, 5.41) is 8.10. The minimum Gasteiger partial charge on any atom is -0.382 e. The first-order valence-corrected chi connectivity index (χ1v) is 6.92. The van der Waals surface area contributed by atoms with E-state index in [1.807, 2.05) is 19.1 Å². The van der Waals surface area contributed by atoms with Crippen LogP contribution in [-0.2, 0) is 5.75 Å². The number of hydrogen-bond acceptors (Lipinski definition) is 4. The van der Waals surface area contributed by atoms with Crippen LogP contribution < -0.4 is 5.73 Å². The largest absolute Gasteiger partial charge is 0.382 e. The summed E-state index contributed by atoms with van der Waals surface area (Å²) >= 11 is 1.56. The summed E-state index contributed by atoms with van der Waals surface area (Å²) in [5.41, 5.74) is 9.30. The SMILES string of the molecule is Cc1cc(C(=N)N)nc(SCc2ccccc2C)n1. The number of nitrogens with zero attached hydrogens (tertiary/aromatic N) is 2.